The molecule has 0 unspecified atom stereocenters. The molecule has 0 aliphatic heterocycles. The quantitative estimate of drug-likeness (QED) is 0.619. The van der Waals surface area contributed by atoms with E-state index in [-0.39, 0.29) is 11.9 Å². The molecule has 8 heteroatoms. The summed E-state index contributed by atoms with van der Waals surface area (Å²) in [4.78, 5) is 16.7. The molecule has 28 heavy (non-hydrogen) atoms. The molecule has 0 fully saturated rings. The number of carbonyl (C=O) groups is 1. The van der Waals surface area contributed by atoms with Crippen molar-refractivity contribution < 1.29 is 4.79 Å². The second-order valence-electron chi connectivity index (χ2n) is 7.51. The van der Waals surface area contributed by atoms with Crippen molar-refractivity contribution >= 4 is 40.3 Å². The fourth-order valence-corrected chi connectivity index (χ4v) is 3.26. The molecule has 0 bridgehead atoms. The average Bonchev–Trinajstić information content (AvgIpc) is 3.14. The van der Waals surface area contributed by atoms with Crippen molar-refractivity contribution in [1.82, 2.24) is 24.5 Å². The van der Waals surface area contributed by atoms with Gasteiger partial charge in [-0.15, -0.1) is 0 Å². The molecule has 3 aromatic heterocycles. The van der Waals surface area contributed by atoms with Crippen molar-refractivity contribution in [2.75, 3.05) is 5.32 Å². The predicted molar refractivity (Wildman–Crippen MR) is 112 cm³/mol. The summed E-state index contributed by atoms with van der Waals surface area (Å²) in [6.45, 7) is 10.9. The van der Waals surface area contributed by atoms with E-state index in [1.54, 1.807) is 23.2 Å². The molecule has 1 amide bonds. The maximum Gasteiger partial charge on any atom is 0.248 e. The number of carbonyl (C=O) groups excluding carboxylic acids is 1. The Morgan fingerprint density at radius 1 is 1.29 bits per heavy atom. The number of hydrogen-bond acceptors (Lipinski definition) is 4. The Balaban J connectivity index is 1.74. The highest BCUT2D eigenvalue weighted by Gasteiger charge is 2.13. The summed E-state index contributed by atoms with van der Waals surface area (Å²) in [5, 5.41) is 13.0. The minimum Gasteiger partial charge on any atom is -0.321 e. The first-order valence-corrected chi connectivity index (χ1v) is 9.69. The summed E-state index contributed by atoms with van der Waals surface area (Å²) >= 11 is 6.41. The number of anilines is 1. The fraction of sp³-hybridized carbons (Fsp3) is 0.400. The number of halogens is 1. The molecule has 3 heterocycles. The van der Waals surface area contributed by atoms with Gasteiger partial charge in [0.15, 0.2) is 5.65 Å². The van der Waals surface area contributed by atoms with Gasteiger partial charge in [-0.2, -0.15) is 10.2 Å². The second kappa shape index (κ2) is 8.14. The second-order valence-corrected chi connectivity index (χ2v) is 7.87. The highest BCUT2D eigenvalue weighted by atomic mass is 35.5. The first-order valence-electron chi connectivity index (χ1n) is 9.31. The summed E-state index contributed by atoms with van der Waals surface area (Å²) < 4.78 is 3.61. The lowest BCUT2D eigenvalue weighted by Crippen LogP contribution is -2.08. The van der Waals surface area contributed by atoms with Crippen LogP contribution < -0.4 is 5.32 Å². The van der Waals surface area contributed by atoms with Gasteiger partial charge in [0.1, 0.15) is 5.15 Å². The van der Waals surface area contributed by atoms with Gasteiger partial charge in [0.2, 0.25) is 5.91 Å². The molecule has 0 spiro atoms. The monoisotopic (exact) mass is 400 g/mol. The van der Waals surface area contributed by atoms with Crippen LogP contribution in [0, 0.1) is 12.8 Å². The van der Waals surface area contributed by atoms with Crippen molar-refractivity contribution in [2.24, 2.45) is 5.92 Å². The van der Waals surface area contributed by atoms with Gasteiger partial charge in [-0.1, -0.05) is 25.4 Å². The van der Waals surface area contributed by atoms with E-state index >= 15 is 0 Å². The van der Waals surface area contributed by atoms with E-state index < -0.39 is 0 Å². The van der Waals surface area contributed by atoms with Crippen LogP contribution >= 0.6 is 11.6 Å². The van der Waals surface area contributed by atoms with Crippen molar-refractivity contribution in [3.63, 3.8) is 0 Å². The molecule has 3 rings (SSSR count). The van der Waals surface area contributed by atoms with Gasteiger partial charge in [0.05, 0.1) is 23.8 Å². The van der Waals surface area contributed by atoms with Gasteiger partial charge < -0.3 is 5.32 Å². The van der Waals surface area contributed by atoms with Crippen molar-refractivity contribution in [1.29, 1.82) is 0 Å². The van der Waals surface area contributed by atoms with Gasteiger partial charge in [-0.05, 0) is 38.8 Å². The lowest BCUT2D eigenvalue weighted by atomic mass is 10.2. The van der Waals surface area contributed by atoms with Gasteiger partial charge in [-0.25, -0.2) is 9.67 Å². The van der Waals surface area contributed by atoms with Gasteiger partial charge in [0, 0.05) is 29.6 Å². The maximum atomic E-state index is 12.3. The van der Waals surface area contributed by atoms with E-state index in [0.29, 0.717) is 16.8 Å². The van der Waals surface area contributed by atoms with Crippen LogP contribution in [0.15, 0.2) is 24.5 Å². The van der Waals surface area contributed by atoms with Crippen molar-refractivity contribution in [3.8, 4) is 0 Å². The van der Waals surface area contributed by atoms with Crippen LogP contribution in [-0.4, -0.2) is 30.5 Å². The summed E-state index contributed by atoms with van der Waals surface area (Å²) in [7, 11) is 0. The molecule has 148 valence electrons. The molecule has 7 nitrogen and oxygen atoms in total. The Labute approximate surface area is 169 Å². The summed E-state index contributed by atoms with van der Waals surface area (Å²) in [6, 6.07) is 2.08. The van der Waals surface area contributed by atoms with Crippen molar-refractivity contribution in [2.45, 2.75) is 47.2 Å². The third-order valence-electron chi connectivity index (χ3n) is 4.24. The largest absolute Gasteiger partial charge is 0.321 e. The Morgan fingerprint density at radius 3 is 2.71 bits per heavy atom. The summed E-state index contributed by atoms with van der Waals surface area (Å²) in [5.74, 6) is 0.170. The van der Waals surface area contributed by atoms with E-state index in [0.717, 1.165) is 28.8 Å². The fourth-order valence-electron chi connectivity index (χ4n) is 2.95. The zero-order valence-electron chi connectivity index (χ0n) is 16.8. The smallest absolute Gasteiger partial charge is 0.248 e. The Hall–Kier alpha value is -2.67. The van der Waals surface area contributed by atoms with E-state index in [4.69, 9.17) is 11.6 Å². The van der Waals surface area contributed by atoms with Crippen LogP contribution in [0.1, 0.15) is 45.0 Å². The average molecular weight is 401 g/mol. The number of aromatic nitrogens is 5. The molecule has 0 aliphatic carbocycles. The van der Waals surface area contributed by atoms with E-state index in [1.807, 2.05) is 31.5 Å². The molecule has 0 saturated heterocycles. The minimum atomic E-state index is -0.260. The normalized spacial score (nSPS) is 12.0. The van der Waals surface area contributed by atoms with E-state index in [2.05, 4.69) is 34.3 Å². The number of rotatable bonds is 6. The SMILES string of the molecule is Cc1nn(CC(C)C)c(Cl)c1/C=C/C(=O)Nc1cnc2c(cnn2C(C)C)c1. The van der Waals surface area contributed by atoms with Crippen LogP contribution in [0.3, 0.4) is 0 Å². The number of nitrogens with one attached hydrogen (secondary N) is 1. The summed E-state index contributed by atoms with van der Waals surface area (Å²) in [6.07, 6.45) is 6.53. The van der Waals surface area contributed by atoms with Crippen LogP contribution in [-0.2, 0) is 11.3 Å². The lowest BCUT2D eigenvalue weighted by Gasteiger charge is -2.07. The number of hydrogen-bond donors (Lipinski definition) is 1. The molecular formula is C20H25ClN6O. The highest BCUT2D eigenvalue weighted by molar-refractivity contribution is 6.31. The minimum absolute atomic E-state index is 0.220. The van der Waals surface area contributed by atoms with Crippen LogP contribution in [0.2, 0.25) is 5.15 Å². The molecule has 3 aromatic rings. The standard InChI is InChI=1S/C20H25ClN6O/c1-12(2)11-26-19(21)17(14(5)25-26)6-7-18(28)24-16-8-15-9-23-27(13(3)4)20(15)22-10-16/h6-10,12-13H,11H2,1-5H3,(H,24,28)/b7-6+. The third-order valence-corrected chi connectivity index (χ3v) is 4.64. The molecule has 0 atom stereocenters. The van der Waals surface area contributed by atoms with Gasteiger partial charge in [-0.3, -0.25) is 9.48 Å². The van der Waals surface area contributed by atoms with Crippen LogP contribution in [0.25, 0.3) is 17.1 Å². The Morgan fingerprint density at radius 2 is 2.04 bits per heavy atom. The molecule has 0 aliphatic rings. The topological polar surface area (TPSA) is 77.6 Å². The highest BCUT2D eigenvalue weighted by Crippen LogP contribution is 2.23. The molecule has 0 aromatic carbocycles. The number of aryl methyl sites for hydroxylation is 1. The van der Waals surface area contributed by atoms with Crippen molar-refractivity contribution in [3.05, 3.63) is 40.9 Å². The Kier molecular flexibility index (Phi) is 5.84. The zero-order valence-corrected chi connectivity index (χ0v) is 17.5. The Bertz CT molecular complexity index is 1030. The molecular weight excluding hydrogens is 376 g/mol. The number of amides is 1. The zero-order chi connectivity index (χ0) is 20.4. The molecule has 0 radical (unpaired) electrons. The van der Waals surface area contributed by atoms with E-state index in [9.17, 15) is 4.79 Å². The first-order chi connectivity index (χ1) is 13.3. The van der Waals surface area contributed by atoms with Gasteiger partial charge >= 0.3 is 0 Å². The number of fused-ring (bicyclic) bond motifs is 1. The maximum absolute atomic E-state index is 12.3. The van der Waals surface area contributed by atoms with Gasteiger partial charge in [0.25, 0.3) is 0 Å². The summed E-state index contributed by atoms with van der Waals surface area (Å²) in [5.41, 5.74) is 2.95. The van der Waals surface area contributed by atoms with Crippen LogP contribution in [0.5, 0.6) is 0 Å². The third kappa shape index (κ3) is 4.25. The number of nitrogens with zero attached hydrogens (tertiary/aromatic N) is 5. The lowest BCUT2D eigenvalue weighted by molar-refractivity contribution is -0.111. The van der Waals surface area contributed by atoms with E-state index in [1.165, 1.54) is 6.08 Å². The molecule has 1 N–H and O–H groups in total. The number of pyridine rings is 1. The van der Waals surface area contributed by atoms with Crippen LogP contribution in [0.4, 0.5) is 5.69 Å². The predicted octanol–water partition coefficient (Wildman–Crippen LogP) is 4.48. The molecule has 0 saturated carbocycles. The first kappa shape index (κ1) is 20.1.